The molecule has 0 amide bonds. The Hall–Kier alpha value is -1.31. The van der Waals surface area contributed by atoms with E-state index in [0.717, 1.165) is 12.0 Å². The van der Waals surface area contributed by atoms with Crippen molar-refractivity contribution in [3.63, 3.8) is 0 Å². The Morgan fingerprint density at radius 3 is 2.71 bits per heavy atom. The molecular weight excluding hydrogens is 215 g/mol. The van der Waals surface area contributed by atoms with Crippen molar-refractivity contribution in [2.24, 2.45) is 5.92 Å². The lowest BCUT2D eigenvalue weighted by Gasteiger charge is -2.21. The van der Waals surface area contributed by atoms with Crippen LogP contribution in [0.25, 0.3) is 0 Å². The molecule has 0 radical (unpaired) electrons. The van der Waals surface area contributed by atoms with E-state index in [9.17, 15) is 4.39 Å². The number of ether oxygens (including phenoxy) is 1. The van der Waals surface area contributed by atoms with E-state index in [-0.39, 0.29) is 5.82 Å². The first-order valence-electron chi connectivity index (χ1n) is 6.31. The van der Waals surface area contributed by atoms with Crippen LogP contribution in [0.1, 0.15) is 38.2 Å². The fourth-order valence-electron chi connectivity index (χ4n) is 2.26. The van der Waals surface area contributed by atoms with Gasteiger partial charge in [-0.1, -0.05) is 25.1 Å². The summed E-state index contributed by atoms with van der Waals surface area (Å²) in [5, 5.41) is 0. The second kappa shape index (κ2) is 5.35. The Morgan fingerprint density at radius 1 is 1.29 bits per heavy atom. The zero-order valence-corrected chi connectivity index (χ0v) is 10.4. The van der Waals surface area contributed by atoms with Crippen molar-refractivity contribution in [1.82, 2.24) is 0 Å². The van der Waals surface area contributed by atoms with Crippen molar-refractivity contribution in [3.8, 4) is 5.75 Å². The van der Waals surface area contributed by atoms with Gasteiger partial charge in [0.1, 0.15) is 0 Å². The highest BCUT2D eigenvalue weighted by Crippen LogP contribution is 2.32. The van der Waals surface area contributed by atoms with E-state index >= 15 is 0 Å². The molecule has 2 unspecified atom stereocenters. The molecule has 0 spiro atoms. The molecule has 1 aliphatic rings. The average Bonchev–Trinajstić information content (AvgIpc) is 2.33. The lowest BCUT2D eigenvalue weighted by atomic mass is 9.85. The number of hydrogen-bond donors (Lipinski definition) is 0. The molecule has 2 heteroatoms. The molecular formula is C15H19FO. The monoisotopic (exact) mass is 234 g/mol. The van der Waals surface area contributed by atoms with Gasteiger partial charge in [-0.15, -0.1) is 0 Å². The molecule has 1 aliphatic carbocycles. The lowest BCUT2D eigenvalue weighted by Crippen LogP contribution is -2.05. The second-order valence-electron chi connectivity index (χ2n) is 4.67. The number of allylic oxidation sites excluding steroid dienone is 2. The van der Waals surface area contributed by atoms with Crippen LogP contribution in [0.3, 0.4) is 0 Å². The van der Waals surface area contributed by atoms with Crippen LogP contribution in [-0.2, 0) is 0 Å². The highest BCUT2D eigenvalue weighted by molar-refractivity contribution is 5.33. The van der Waals surface area contributed by atoms with Gasteiger partial charge in [0.2, 0.25) is 0 Å². The minimum absolute atomic E-state index is 0.253. The van der Waals surface area contributed by atoms with Crippen LogP contribution >= 0.6 is 0 Å². The lowest BCUT2D eigenvalue weighted by molar-refractivity contribution is 0.321. The molecule has 0 aliphatic heterocycles. The minimum atomic E-state index is -0.253. The van der Waals surface area contributed by atoms with Crippen LogP contribution < -0.4 is 4.74 Å². The topological polar surface area (TPSA) is 9.23 Å². The normalized spacial score (nSPS) is 23.7. The number of halogens is 1. The summed E-state index contributed by atoms with van der Waals surface area (Å²) in [5.74, 6) is 1.11. The summed E-state index contributed by atoms with van der Waals surface area (Å²) >= 11 is 0. The molecule has 1 nitrogen and oxygen atoms in total. The van der Waals surface area contributed by atoms with Crippen molar-refractivity contribution in [3.05, 3.63) is 41.7 Å². The molecule has 0 fully saturated rings. The molecule has 17 heavy (non-hydrogen) atoms. The SMILES string of the molecule is CCOc1ccc(C2C=CC(C)CC2)cc1F. The summed E-state index contributed by atoms with van der Waals surface area (Å²) < 4.78 is 18.9. The van der Waals surface area contributed by atoms with Crippen LogP contribution in [-0.4, -0.2) is 6.61 Å². The van der Waals surface area contributed by atoms with Gasteiger partial charge in [-0.25, -0.2) is 4.39 Å². The molecule has 0 bridgehead atoms. The Labute approximate surface area is 102 Å². The Balaban J connectivity index is 2.17. The van der Waals surface area contributed by atoms with Crippen LogP contribution in [0.2, 0.25) is 0 Å². The highest BCUT2D eigenvalue weighted by atomic mass is 19.1. The maximum absolute atomic E-state index is 13.7. The van der Waals surface area contributed by atoms with Gasteiger partial charge in [-0.2, -0.15) is 0 Å². The van der Waals surface area contributed by atoms with Gasteiger partial charge < -0.3 is 4.74 Å². The standard InChI is InChI=1S/C15H19FO/c1-3-17-15-9-8-13(10-14(15)16)12-6-4-11(2)5-7-12/h4,6,8-12H,3,5,7H2,1-2H3. The van der Waals surface area contributed by atoms with E-state index in [2.05, 4.69) is 19.1 Å². The Morgan fingerprint density at radius 2 is 2.12 bits per heavy atom. The molecule has 0 heterocycles. The maximum atomic E-state index is 13.7. The number of benzene rings is 1. The Bertz CT molecular complexity index is 411. The average molecular weight is 234 g/mol. The summed E-state index contributed by atoms with van der Waals surface area (Å²) in [5.41, 5.74) is 1.05. The first-order valence-corrected chi connectivity index (χ1v) is 6.31. The Kier molecular flexibility index (Phi) is 3.82. The van der Waals surface area contributed by atoms with Crippen molar-refractivity contribution in [1.29, 1.82) is 0 Å². The van der Waals surface area contributed by atoms with E-state index in [1.807, 2.05) is 13.0 Å². The van der Waals surface area contributed by atoms with E-state index in [0.29, 0.717) is 24.2 Å². The second-order valence-corrected chi connectivity index (χ2v) is 4.67. The summed E-state index contributed by atoms with van der Waals surface area (Å²) in [6.07, 6.45) is 6.70. The highest BCUT2D eigenvalue weighted by Gasteiger charge is 2.16. The molecule has 0 N–H and O–H groups in total. The summed E-state index contributed by atoms with van der Waals surface area (Å²) in [4.78, 5) is 0. The molecule has 0 aromatic heterocycles. The minimum Gasteiger partial charge on any atom is -0.491 e. The molecule has 0 saturated heterocycles. The van der Waals surface area contributed by atoms with E-state index in [4.69, 9.17) is 4.74 Å². The van der Waals surface area contributed by atoms with Gasteiger partial charge in [0.15, 0.2) is 11.6 Å². The third-order valence-corrected chi connectivity index (χ3v) is 3.29. The van der Waals surface area contributed by atoms with Gasteiger partial charge in [-0.05, 0) is 43.4 Å². The van der Waals surface area contributed by atoms with Crippen LogP contribution in [0.15, 0.2) is 30.4 Å². The molecule has 1 aromatic rings. The third kappa shape index (κ3) is 2.87. The third-order valence-electron chi connectivity index (χ3n) is 3.29. The fourth-order valence-corrected chi connectivity index (χ4v) is 2.26. The van der Waals surface area contributed by atoms with E-state index < -0.39 is 0 Å². The van der Waals surface area contributed by atoms with E-state index in [1.54, 1.807) is 12.1 Å². The quantitative estimate of drug-likeness (QED) is 0.709. The van der Waals surface area contributed by atoms with Crippen molar-refractivity contribution in [2.45, 2.75) is 32.6 Å². The van der Waals surface area contributed by atoms with Crippen LogP contribution in [0.5, 0.6) is 5.75 Å². The number of rotatable bonds is 3. The van der Waals surface area contributed by atoms with Gasteiger partial charge in [0.05, 0.1) is 6.61 Å². The first-order chi connectivity index (χ1) is 8.20. The molecule has 2 atom stereocenters. The molecule has 2 rings (SSSR count). The number of hydrogen-bond acceptors (Lipinski definition) is 1. The van der Waals surface area contributed by atoms with Crippen LogP contribution in [0.4, 0.5) is 4.39 Å². The van der Waals surface area contributed by atoms with Gasteiger partial charge in [-0.3, -0.25) is 0 Å². The van der Waals surface area contributed by atoms with Gasteiger partial charge >= 0.3 is 0 Å². The first kappa shape index (κ1) is 12.2. The van der Waals surface area contributed by atoms with Crippen molar-refractivity contribution in [2.75, 3.05) is 6.61 Å². The molecule has 0 saturated carbocycles. The fraction of sp³-hybridized carbons (Fsp3) is 0.467. The molecule has 1 aromatic carbocycles. The summed E-state index contributed by atoms with van der Waals surface area (Å²) in [7, 11) is 0. The van der Waals surface area contributed by atoms with Crippen molar-refractivity contribution < 1.29 is 9.13 Å². The largest absolute Gasteiger partial charge is 0.491 e. The van der Waals surface area contributed by atoms with Gasteiger partial charge in [0, 0.05) is 5.92 Å². The smallest absolute Gasteiger partial charge is 0.165 e. The zero-order valence-electron chi connectivity index (χ0n) is 10.4. The predicted molar refractivity (Wildman–Crippen MR) is 67.8 cm³/mol. The van der Waals surface area contributed by atoms with Crippen LogP contribution in [0, 0.1) is 11.7 Å². The maximum Gasteiger partial charge on any atom is 0.165 e. The zero-order chi connectivity index (χ0) is 12.3. The van der Waals surface area contributed by atoms with Crippen molar-refractivity contribution >= 4 is 0 Å². The summed E-state index contributed by atoms with van der Waals surface area (Å²) in [6, 6.07) is 5.31. The predicted octanol–water partition coefficient (Wildman–Crippen LogP) is 4.29. The van der Waals surface area contributed by atoms with E-state index in [1.165, 1.54) is 6.42 Å². The summed E-state index contributed by atoms with van der Waals surface area (Å²) in [6.45, 7) is 4.57. The molecule has 92 valence electrons. The van der Waals surface area contributed by atoms with Gasteiger partial charge in [0.25, 0.3) is 0 Å².